The quantitative estimate of drug-likeness (QED) is 0.610. The lowest BCUT2D eigenvalue weighted by Crippen LogP contribution is -1.78. The highest BCUT2D eigenvalue weighted by Crippen LogP contribution is 2.14. The van der Waals surface area contributed by atoms with Crippen LogP contribution in [0, 0.1) is 0 Å². The molecule has 0 saturated heterocycles. The van der Waals surface area contributed by atoms with Crippen molar-refractivity contribution in [1.82, 2.24) is 0 Å². The first-order valence-corrected chi connectivity index (χ1v) is 4.87. The SMILES string of the molecule is CCC.CCc1ccccc1Cl. The minimum atomic E-state index is 0.875. The van der Waals surface area contributed by atoms with Gasteiger partial charge in [0.1, 0.15) is 0 Å². The number of aryl methyl sites for hydroxylation is 1. The van der Waals surface area contributed by atoms with E-state index in [9.17, 15) is 0 Å². The molecule has 0 atom stereocenters. The summed E-state index contributed by atoms with van der Waals surface area (Å²) in [7, 11) is 0. The van der Waals surface area contributed by atoms with Crippen LogP contribution in [0.3, 0.4) is 0 Å². The molecule has 1 aromatic rings. The van der Waals surface area contributed by atoms with Crippen molar-refractivity contribution in [1.29, 1.82) is 0 Å². The monoisotopic (exact) mass is 184 g/mol. The molecule has 0 unspecified atom stereocenters. The van der Waals surface area contributed by atoms with Crippen LogP contribution in [0.5, 0.6) is 0 Å². The van der Waals surface area contributed by atoms with Crippen molar-refractivity contribution < 1.29 is 0 Å². The zero-order valence-corrected chi connectivity index (χ0v) is 8.86. The minimum Gasteiger partial charge on any atom is -0.0840 e. The van der Waals surface area contributed by atoms with E-state index in [-0.39, 0.29) is 0 Å². The fraction of sp³-hybridized carbons (Fsp3) is 0.455. The van der Waals surface area contributed by atoms with Crippen LogP contribution in [0.4, 0.5) is 0 Å². The van der Waals surface area contributed by atoms with Crippen molar-refractivity contribution in [2.75, 3.05) is 0 Å². The molecule has 1 aromatic carbocycles. The molecule has 0 heterocycles. The largest absolute Gasteiger partial charge is 0.0840 e. The second-order valence-electron chi connectivity index (χ2n) is 2.65. The summed E-state index contributed by atoms with van der Waals surface area (Å²) in [6.45, 7) is 6.35. The van der Waals surface area contributed by atoms with Crippen LogP contribution in [0.25, 0.3) is 0 Å². The van der Waals surface area contributed by atoms with Gasteiger partial charge in [0.15, 0.2) is 0 Å². The van der Waals surface area contributed by atoms with Gasteiger partial charge in [-0.1, -0.05) is 57.0 Å². The Hall–Kier alpha value is -0.490. The highest BCUT2D eigenvalue weighted by Gasteiger charge is 1.91. The van der Waals surface area contributed by atoms with Gasteiger partial charge in [-0.15, -0.1) is 0 Å². The van der Waals surface area contributed by atoms with Gasteiger partial charge in [-0.2, -0.15) is 0 Å². The van der Waals surface area contributed by atoms with Gasteiger partial charge in [-0.05, 0) is 18.1 Å². The highest BCUT2D eigenvalue weighted by molar-refractivity contribution is 6.31. The van der Waals surface area contributed by atoms with Gasteiger partial charge in [-0.3, -0.25) is 0 Å². The molecule has 0 aliphatic rings. The summed E-state index contributed by atoms with van der Waals surface area (Å²) in [5.41, 5.74) is 1.22. The number of hydrogen-bond donors (Lipinski definition) is 0. The summed E-state index contributed by atoms with van der Waals surface area (Å²) in [6, 6.07) is 7.91. The van der Waals surface area contributed by atoms with Crippen molar-refractivity contribution in [3.63, 3.8) is 0 Å². The third-order valence-corrected chi connectivity index (χ3v) is 1.71. The molecular weight excluding hydrogens is 168 g/mol. The van der Waals surface area contributed by atoms with Gasteiger partial charge >= 0.3 is 0 Å². The van der Waals surface area contributed by atoms with E-state index >= 15 is 0 Å². The average molecular weight is 185 g/mol. The van der Waals surface area contributed by atoms with Crippen molar-refractivity contribution in [2.24, 2.45) is 0 Å². The van der Waals surface area contributed by atoms with Crippen molar-refractivity contribution in [2.45, 2.75) is 33.6 Å². The first-order chi connectivity index (χ1) is 5.76. The molecule has 1 heteroatoms. The first-order valence-electron chi connectivity index (χ1n) is 4.49. The van der Waals surface area contributed by atoms with Gasteiger partial charge < -0.3 is 0 Å². The van der Waals surface area contributed by atoms with Crippen LogP contribution < -0.4 is 0 Å². The average Bonchev–Trinajstić information content (AvgIpc) is 2.07. The highest BCUT2D eigenvalue weighted by atomic mass is 35.5. The number of hydrogen-bond acceptors (Lipinski definition) is 0. The van der Waals surface area contributed by atoms with E-state index in [0.717, 1.165) is 11.4 Å². The summed E-state index contributed by atoms with van der Waals surface area (Å²) in [5, 5.41) is 0.875. The van der Waals surface area contributed by atoms with Crippen molar-refractivity contribution in [3.05, 3.63) is 34.9 Å². The van der Waals surface area contributed by atoms with Crippen LogP contribution >= 0.6 is 11.6 Å². The Morgan fingerprint density at radius 2 is 1.58 bits per heavy atom. The molecule has 0 aliphatic heterocycles. The molecule has 12 heavy (non-hydrogen) atoms. The normalized spacial score (nSPS) is 8.67. The topological polar surface area (TPSA) is 0 Å². The van der Waals surface area contributed by atoms with Crippen LogP contribution in [-0.4, -0.2) is 0 Å². The van der Waals surface area contributed by atoms with Crippen molar-refractivity contribution >= 4 is 11.6 Å². The second kappa shape index (κ2) is 7.17. The molecule has 68 valence electrons. The van der Waals surface area contributed by atoms with E-state index in [2.05, 4.69) is 20.8 Å². The molecule has 0 amide bonds. The smallest absolute Gasteiger partial charge is 0.0437 e. The van der Waals surface area contributed by atoms with E-state index < -0.39 is 0 Å². The third kappa shape index (κ3) is 4.40. The molecule has 0 bridgehead atoms. The van der Waals surface area contributed by atoms with Crippen LogP contribution in [0.2, 0.25) is 5.02 Å². The summed E-state index contributed by atoms with van der Waals surface area (Å²) in [5.74, 6) is 0. The van der Waals surface area contributed by atoms with E-state index in [1.165, 1.54) is 12.0 Å². The molecule has 0 saturated carbocycles. The lowest BCUT2D eigenvalue weighted by atomic mass is 10.2. The Balaban J connectivity index is 0.000000354. The molecule has 0 spiro atoms. The Labute approximate surface area is 80.6 Å². The van der Waals surface area contributed by atoms with Crippen molar-refractivity contribution in [3.8, 4) is 0 Å². The van der Waals surface area contributed by atoms with Crippen LogP contribution in [0.15, 0.2) is 24.3 Å². The van der Waals surface area contributed by atoms with Gasteiger partial charge in [0, 0.05) is 5.02 Å². The molecule has 0 aromatic heterocycles. The van der Waals surface area contributed by atoms with Crippen LogP contribution in [-0.2, 0) is 6.42 Å². The van der Waals surface area contributed by atoms with Crippen LogP contribution in [0.1, 0.15) is 32.8 Å². The number of rotatable bonds is 1. The van der Waals surface area contributed by atoms with Gasteiger partial charge in [0.05, 0.1) is 0 Å². The molecular formula is C11H17Cl. The molecule has 0 aliphatic carbocycles. The Morgan fingerprint density at radius 1 is 1.08 bits per heavy atom. The van der Waals surface area contributed by atoms with E-state index in [1.807, 2.05) is 24.3 Å². The minimum absolute atomic E-state index is 0.875. The van der Waals surface area contributed by atoms with Gasteiger partial charge in [-0.25, -0.2) is 0 Å². The molecule has 0 nitrogen and oxygen atoms in total. The predicted octanol–water partition coefficient (Wildman–Crippen LogP) is 4.32. The maximum Gasteiger partial charge on any atom is 0.0437 e. The van der Waals surface area contributed by atoms with E-state index in [4.69, 9.17) is 11.6 Å². The zero-order valence-electron chi connectivity index (χ0n) is 8.10. The number of benzene rings is 1. The Morgan fingerprint density at radius 3 is 1.92 bits per heavy atom. The lowest BCUT2D eigenvalue weighted by Gasteiger charge is -1.96. The van der Waals surface area contributed by atoms with Gasteiger partial charge in [0.25, 0.3) is 0 Å². The zero-order chi connectivity index (χ0) is 9.40. The second-order valence-corrected chi connectivity index (χ2v) is 3.06. The first kappa shape index (κ1) is 11.5. The summed E-state index contributed by atoms with van der Waals surface area (Å²) in [4.78, 5) is 0. The Bertz CT molecular complexity index is 206. The lowest BCUT2D eigenvalue weighted by molar-refractivity contribution is 1.09. The third-order valence-electron chi connectivity index (χ3n) is 1.34. The number of halogens is 1. The summed E-state index contributed by atoms with van der Waals surface area (Å²) >= 11 is 5.82. The van der Waals surface area contributed by atoms with E-state index in [1.54, 1.807) is 0 Å². The molecule has 0 radical (unpaired) electrons. The standard InChI is InChI=1S/C8H9Cl.C3H8/c1-2-7-5-3-4-6-8(7)9;1-3-2/h3-6H,2H2,1H3;3H2,1-2H3. The van der Waals surface area contributed by atoms with E-state index in [0.29, 0.717) is 0 Å². The summed E-state index contributed by atoms with van der Waals surface area (Å²) in [6.07, 6.45) is 2.26. The maximum absolute atomic E-state index is 5.82. The Kier molecular flexibility index (Phi) is 6.88. The fourth-order valence-corrected chi connectivity index (χ4v) is 1.05. The predicted molar refractivity (Wildman–Crippen MR) is 56.8 cm³/mol. The summed E-state index contributed by atoms with van der Waals surface area (Å²) < 4.78 is 0. The molecule has 1 rings (SSSR count). The molecule has 0 N–H and O–H groups in total. The maximum atomic E-state index is 5.82. The fourth-order valence-electron chi connectivity index (χ4n) is 0.785. The molecule has 0 fully saturated rings. The van der Waals surface area contributed by atoms with Gasteiger partial charge in [0.2, 0.25) is 0 Å².